The Hall–Kier alpha value is -2.96. The van der Waals surface area contributed by atoms with Crippen LogP contribution >= 0.6 is 34.4 Å². The SMILES string of the molecule is CCOC(=O)Nc1nnc(SCC(=O)Nc2cc(-c3ccccc3)sc2C(=O)OCC)s1. The van der Waals surface area contributed by atoms with E-state index in [2.05, 4.69) is 20.8 Å². The summed E-state index contributed by atoms with van der Waals surface area (Å²) in [6.45, 7) is 3.91. The average molecular weight is 493 g/mol. The van der Waals surface area contributed by atoms with Crippen LogP contribution in [0.1, 0.15) is 23.5 Å². The predicted octanol–water partition coefficient (Wildman–Crippen LogP) is 4.74. The van der Waals surface area contributed by atoms with Crippen LogP contribution in [0.4, 0.5) is 15.6 Å². The van der Waals surface area contributed by atoms with Crippen LogP contribution in [-0.4, -0.2) is 47.1 Å². The maximum atomic E-state index is 12.5. The van der Waals surface area contributed by atoms with Crippen molar-refractivity contribution in [3.63, 3.8) is 0 Å². The van der Waals surface area contributed by atoms with Gasteiger partial charge >= 0.3 is 12.1 Å². The van der Waals surface area contributed by atoms with Crippen molar-refractivity contribution in [2.75, 3.05) is 29.6 Å². The Morgan fingerprint density at radius 2 is 1.75 bits per heavy atom. The number of ether oxygens (including phenoxy) is 2. The fourth-order valence-electron chi connectivity index (χ4n) is 2.46. The van der Waals surface area contributed by atoms with Gasteiger partial charge in [-0.25, -0.2) is 9.59 Å². The fraction of sp³-hybridized carbons (Fsp3) is 0.250. The summed E-state index contributed by atoms with van der Waals surface area (Å²) in [4.78, 5) is 37.5. The molecule has 32 heavy (non-hydrogen) atoms. The van der Waals surface area contributed by atoms with Crippen molar-refractivity contribution in [3.8, 4) is 10.4 Å². The van der Waals surface area contributed by atoms with Gasteiger partial charge in [-0.05, 0) is 25.5 Å². The highest BCUT2D eigenvalue weighted by Gasteiger charge is 2.20. The lowest BCUT2D eigenvalue weighted by atomic mass is 10.2. The molecule has 0 fully saturated rings. The third kappa shape index (κ3) is 6.52. The topological polar surface area (TPSA) is 120 Å². The van der Waals surface area contributed by atoms with E-state index in [1.807, 2.05) is 30.3 Å². The van der Waals surface area contributed by atoms with Gasteiger partial charge in [0, 0.05) is 4.88 Å². The standard InChI is InChI=1S/C20H20N4O5S3/c1-3-28-17(26)16-13(10-14(31-16)12-8-6-5-7-9-12)21-15(25)11-30-20-24-23-18(32-20)22-19(27)29-4-2/h5-10H,3-4,11H2,1-2H3,(H,21,25)(H,22,23,27). The summed E-state index contributed by atoms with van der Waals surface area (Å²) in [7, 11) is 0. The van der Waals surface area contributed by atoms with Gasteiger partial charge in [-0.3, -0.25) is 10.1 Å². The number of nitrogens with zero attached hydrogens (tertiary/aromatic N) is 2. The van der Waals surface area contributed by atoms with E-state index < -0.39 is 12.1 Å². The van der Waals surface area contributed by atoms with E-state index in [9.17, 15) is 14.4 Å². The zero-order chi connectivity index (χ0) is 22.9. The van der Waals surface area contributed by atoms with E-state index >= 15 is 0 Å². The van der Waals surface area contributed by atoms with E-state index in [1.54, 1.807) is 19.9 Å². The van der Waals surface area contributed by atoms with Crippen LogP contribution < -0.4 is 10.6 Å². The van der Waals surface area contributed by atoms with E-state index in [0.29, 0.717) is 14.9 Å². The second-order valence-corrected chi connectivity index (χ2v) is 9.25. The van der Waals surface area contributed by atoms with Crippen molar-refractivity contribution in [1.82, 2.24) is 10.2 Å². The molecule has 0 saturated carbocycles. The van der Waals surface area contributed by atoms with Crippen molar-refractivity contribution in [2.24, 2.45) is 0 Å². The Kier molecular flexibility index (Phi) is 8.59. The minimum atomic E-state index is -0.615. The molecule has 9 nitrogen and oxygen atoms in total. The number of rotatable bonds is 9. The monoisotopic (exact) mass is 492 g/mol. The van der Waals surface area contributed by atoms with Gasteiger partial charge in [0.1, 0.15) is 4.88 Å². The molecule has 0 bridgehead atoms. The van der Waals surface area contributed by atoms with Crippen molar-refractivity contribution in [3.05, 3.63) is 41.3 Å². The Bertz CT molecular complexity index is 1080. The van der Waals surface area contributed by atoms with Crippen molar-refractivity contribution >= 4 is 63.2 Å². The van der Waals surface area contributed by atoms with Crippen molar-refractivity contribution in [1.29, 1.82) is 0 Å². The molecule has 2 amide bonds. The van der Waals surface area contributed by atoms with Gasteiger partial charge in [0.15, 0.2) is 4.34 Å². The van der Waals surface area contributed by atoms with Crippen molar-refractivity contribution in [2.45, 2.75) is 18.2 Å². The minimum absolute atomic E-state index is 0.0484. The molecule has 168 valence electrons. The lowest BCUT2D eigenvalue weighted by Gasteiger charge is -2.05. The number of hydrogen-bond acceptors (Lipinski definition) is 10. The molecule has 0 atom stereocenters. The van der Waals surface area contributed by atoms with Crippen LogP contribution in [0.25, 0.3) is 10.4 Å². The Labute approximate surface area is 196 Å². The number of hydrogen-bond donors (Lipinski definition) is 2. The number of carbonyl (C=O) groups excluding carboxylic acids is 3. The first-order valence-corrected chi connectivity index (χ1v) is 12.2. The van der Waals surface area contributed by atoms with Crippen LogP contribution in [0.15, 0.2) is 40.7 Å². The maximum absolute atomic E-state index is 12.5. The molecular formula is C20H20N4O5S3. The highest BCUT2D eigenvalue weighted by Crippen LogP contribution is 2.35. The number of nitrogens with one attached hydrogen (secondary N) is 2. The molecule has 0 radical (unpaired) electrons. The number of benzene rings is 1. The molecule has 2 heterocycles. The van der Waals surface area contributed by atoms with E-state index in [1.165, 1.54) is 11.3 Å². The lowest BCUT2D eigenvalue weighted by molar-refractivity contribution is -0.113. The summed E-state index contributed by atoms with van der Waals surface area (Å²) in [5, 5.41) is 13.3. The van der Waals surface area contributed by atoms with Crippen LogP contribution in [-0.2, 0) is 14.3 Å². The summed E-state index contributed by atoms with van der Waals surface area (Å²) in [6.07, 6.45) is -0.615. The van der Waals surface area contributed by atoms with Crippen LogP contribution in [0.5, 0.6) is 0 Å². The van der Waals surface area contributed by atoms with E-state index in [4.69, 9.17) is 9.47 Å². The number of amides is 2. The summed E-state index contributed by atoms with van der Waals surface area (Å²) in [5.41, 5.74) is 1.34. The maximum Gasteiger partial charge on any atom is 0.413 e. The Balaban J connectivity index is 1.65. The number of aromatic nitrogens is 2. The molecule has 12 heteroatoms. The molecule has 0 spiro atoms. The van der Waals surface area contributed by atoms with Gasteiger partial charge in [0.05, 0.1) is 24.7 Å². The molecular weight excluding hydrogens is 472 g/mol. The number of anilines is 2. The number of esters is 1. The van der Waals surface area contributed by atoms with Gasteiger partial charge in [0.2, 0.25) is 11.0 Å². The van der Waals surface area contributed by atoms with Gasteiger partial charge in [0.25, 0.3) is 0 Å². The first-order chi connectivity index (χ1) is 15.5. The van der Waals surface area contributed by atoms with Gasteiger partial charge in [-0.15, -0.1) is 21.5 Å². The highest BCUT2D eigenvalue weighted by atomic mass is 32.2. The zero-order valence-corrected chi connectivity index (χ0v) is 19.7. The third-order valence-corrected chi connectivity index (χ3v) is 6.88. The lowest BCUT2D eigenvalue weighted by Crippen LogP contribution is -2.16. The first-order valence-electron chi connectivity index (χ1n) is 9.56. The second kappa shape index (κ2) is 11.6. The summed E-state index contributed by atoms with van der Waals surface area (Å²) < 4.78 is 10.4. The summed E-state index contributed by atoms with van der Waals surface area (Å²) in [5.74, 6) is -0.748. The van der Waals surface area contributed by atoms with Crippen LogP contribution in [0, 0.1) is 0 Å². The molecule has 0 saturated heterocycles. The van der Waals surface area contributed by atoms with E-state index in [0.717, 1.165) is 33.5 Å². The molecule has 3 aromatic rings. The minimum Gasteiger partial charge on any atom is -0.462 e. The smallest absolute Gasteiger partial charge is 0.413 e. The largest absolute Gasteiger partial charge is 0.462 e. The summed E-state index contributed by atoms with van der Waals surface area (Å²) in [6, 6.07) is 11.3. The van der Waals surface area contributed by atoms with Crippen LogP contribution in [0.2, 0.25) is 0 Å². The average Bonchev–Trinajstić information content (AvgIpc) is 3.40. The molecule has 0 aliphatic heterocycles. The van der Waals surface area contributed by atoms with Gasteiger partial charge in [-0.2, -0.15) is 0 Å². The van der Waals surface area contributed by atoms with Gasteiger partial charge in [-0.1, -0.05) is 53.4 Å². The number of thioether (sulfide) groups is 1. The molecule has 0 aliphatic rings. The first kappa shape index (κ1) is 23.7. The number of thiophene rings is 1. The molecule has 2 N–H and O–H groups in total. The second-order valence-electron chi connectivity index (χ2n) is 6.00. The highest BCUT2D eigenvalue weighted by molar-refractivity contribution is 8.01. The van der Waals surface area contributed by atoms with Gasteiger partial charge < -0.3 is 14.8 Å². The summed E-state index contributed by atoms with van der Waals surface area (Å²) >= 11 is 3.55. The Morgan fingerprint density at radius 3 is 2.47 bits per heavy atom. The molecule has 2 aromatic heterocycles. The van der Waals surface area contributed by atoms with Crippen molar-refractivity contribution < 1.29 is 23.9 Å². The van der Waals surface area contributed by atoms with E-state index in [-0.39, 0.29) is 30.0 Å². The normalized spacial score (nSPS) is 10.4. The molecule has 1 aromatic carbocycles. The number of carbonyl (C=O) groups is 3. The van der Waals surface area contributed by atoms with Crippen LogP contribution in [0.3, 0.4) is 0 Å². The molecule has 3 rings (SSSR count). The molecule has 0 aliphatic carbocycles. The predicted molar refractivity (Wildman–Crippen MR) is 126 cm³/mol. The third-order valence-electron chi connectivity index (χ3n) is 3.74. The zero-order valence-electron chi connectivity index (χ0n) is 17.2. The fourth-order valence-corrected chi connectivity index (χ4v) is 5.01. The Morgan fingerprint density at radius 1 is 1.00 bits per heavy atom. The molecule has 0 unspecified atom stereocenters. The quantitative estimate of drug-likeness (QED) is 0.250.